The molecule has 1 aliphatic rings. The van der Waals surface area contributed by atoms with E-state index in [1.165, 1.54) is 12.0 Å². The molecule has 2 rings (SSSR count). The lowest BCUT2D eigenvalue weighted by Crippen LogP contribution is -2.27. The van der Waals surface area contributed by atoms with Crippen molar-refractivity contribution in [3.63, 3.8) is 0 Å². The largest absolute Gasteiger partial charge is 0.328 e. The monoisotopic (exact) mass is 224 g/mol. The first-order valence-electron chi connectivity index (χ1n) is 5.47. The Balaban J connectivity index is 1.80. The standard InChI is InChI=1S/C12H17ClN2/c13-10-3-1-9(2-4-10)8-15-12-6-5-11(14)7-12/h1-4,11-12,15H,5-8,14H2. The summed E-state index contributed by atoms with van der Waals surface area (Å²) in [6.07, 6.45) is 3.46. The average molecular weight is 225 g/mol. The van der Waals surface area contributed by atoms with Gasteiger partial charge in [0, 0.05) is 23.7 Å². The summed E-state index contributed by atoms with van der Waals surface area (Å²) in [6.45, 7) is 0.911. The molecule has 2 atom stereocenters. The van der Waals surface area contributed by atoms with Crippen molar-refractivity contribution in [1.82, 2.24) is 5.32 Å². The molecule has 1 fully saturated rings. The minimum Gasteiger partial charge on any atom is -0.328 e. The number of halogens is 1. The lowest BCUT2D eigenvalue weighted by atomic mass is 10.2. The molecule has 0 amide bonds. The summed E-state index contributed by atoms with van der Waals surface area (Å²) in [4.78, 5) is 0. The van der Waals surface area contributed by atoms with Gasteiger partial charge in [-0.3, -0.25) is 0 Å². The van der Waals surface area contributed by atoms with Crippen molar-refractivity contribution in [2.24, 2.45) is 5.73 Å². The first-order valence-corrected chi connectivity index (χ1v) is 5.85. The fourth-order valence-corrected chi connectivity index (χ4v) is 2.19. The number of hydrogen-bond donors (Lipinski definition) is 2. The lowest BCUT2D eigenvalue weighted by molar-refractivity contribution is 0.517. The molecule has 0 bridgehead atoms. The minimum atomic E-state index is 0.396. The normalized spacial score (nSPS) is 25.7. The van der Waals surface area contributed by atoms with E-state index in [1.807, 2.05) is 12.1 Å². The van der Waals surface area contributed by atoms with Crippen molar-refractivity contribution in [3.05, 3.63) is 34.9 Å². The van der Waals surface area contributed by atoms with Gasteiger partial charge >= 0.3 is 0 Å². The van der Waals surface area contributed by atoms with Gasteiger partial charge in [0.25, 0.3) is 0 Å². The van der Waals surface area contributed by atoms with Crippen LogP contribution >= 0.6 is 11.6 Å². The quantitative estimate of drug-likeness (QED) is 0.827. The van der Waals surface area contributed by atoms with E-state index < -0.39 is 0 Å². The van der Waals surface area contributed by atoms with Crippen LogP contribution in [0.15, 0.2) is 24.3 Å². The van der Waals surface area contributed by atoms with Gasteiger partial charge in [-0.15, -0.1) is 0 Å². The van der Waals surface area contributed by atoms with Gasteiger partial charge in [-0.1, -0.05) is 23.7 Å². The molecular formula is C12H17ClN2. The highest BCUT2D eigenvalue weighted by Crippen LogP contribution is 2.17. The summed E-state index contributed by atoms with van der Waals surface area (Å²) >= 11 is 5.82. The molecule has 0 spiro atoms. The summed E-state index contributed by atoms with van der Waals surface area (Å²) in [6, 6.07) is 8.97. The van der Waals surface area contributed by atoms with Gasteiger partial charge in [-0.25, -0.2) is 0 Å². The molecule has 2 unspecified atom stereocenters. The van der Waals surface area contributed by atoms with Crippen LogP contribution in [-0.2, 0) is 6.54 Å². The molecular weight excluding hydrogens is 208 g/mol. The van der Waals surface area contributed by atoms with Gasteiger partial charge < -0.3 is 11.1 Å². The van der Waals surface area contributed by atoms with E-state index in [2.05, 4.69) is 17.4 Å². The number of nitrogens with one attached hydrogen (secondary N) is 1. The molecule has 0 saturated heterocycles. The second-order valence-corrected chi connectivity index (χ2v) is 4.71. The first-order chi connectivity index (χ1) is 7.24. The van der Waals surface area contributed by atoms with Gasteiger partial charge in [0.05, 0.1) is 0 Å². The third kappa shape index (κ3) is 3.20. The SMILES string of the molecule is NC1CCC(NCc2ccc(Cl)cc2)C1. The molecule has 0 aliphatic heterocycles. The van der Waals surface area contributed by atoms with Crippen LogP contribution in [0, 0.1) is 0 Å². The molecule has 0 aromatic heterocycles. The van der Waals surface area contributed by atoms with Crippen molar-refractivity contribution in [1.29, 1.82) is 0 Å². The Kier molecular flexibility index (Phi) is 3.62. The zero-order chi connectivity index (χ0) is 10.7. The summed E-state index contributed by atoms with van der Waals surface area (Å²) in [5.41, 5.74) is 7.13. The van der Waals surface area contributed by atoms with E-state index >= 15 is 0 Å². The summed E-state index contributed by atoms with van der Waals surface area (Å²) < 4.78 is 0. The molecule has 1 aromatic rings. The van der Waals surface area contributed by atoms with Gasteiger partial charge in [-0.2, -0.15) is 0 Å². The Labute approximate surface area is 95.8 Å². The topological polar surface area (TPSA) is 38.0 Å². The van der Waals surface area contributed by atoms with Crippen LogP contribution in [0.1, 0.15) is 24.8 Å². The molecule has 0 radical (unpaired) electrons. The molecule has 3 heteroatoms. The Morgan fingerprint density at radius 1 is 1.27 bits per heavy atom. The minimum absolute atomic E-state index is 0.396. The number of rotatable bonds is 3. The van der Waals surface area contributed by atoms with Crippen LogP contribution in [0.2, 0.25) is 5.02 Å². The third-order valence-electron chi connectivity index (χ3n) is 2.98. The summed E-state index contributed by atoms with van der Waals surface area (Å²) in [7, 11) is 0. The molecule has 3 N–H and O–H groups in total. The van der Waals surface area contributed by atoms with Gasteiger partial charge in [0.15, 0.2) is 0 Å². The van der Waals surface area contributed by atoms with E-state index in [-0.39, 0.29) is 0 Å². The van der Waals surface area contributed by atoms with E-state index in [1.54, 1.807) is 0 Å². The Bertz CT molecular complexity index is 310. The van der Waals surface area contributed by atoms with Crippen LogP contribution in [0.25, 0.3) is 0 Å². The predicted octanol–water partition coefficient (Wildman–Crippen LogP) is 2.31. The van der Waals surface area contributed by atoms with E-state index in [0.29, 0.717) is 12.1 Å². The third-order valence-corrected chi connectivity index (χ3v) is 3.23. The average Bonchev–Trinajstić information content (AvgIpc) is 2.64. The van der Waals surface area contributed by atoms with Crippen LogP contribution in [0.5, 0.6) is 0 Å². The number of nitrogens with two attached hydrogens (primary N) is 1. The van der Waals surface area contributed by atoms with Crippen LogP contribution in [0.3, 0.4) is 0 Å². The highest BCUT2D eigenvalue weighted by atomic mass is 35.5. The number of benzene rings is 1. The van der Waals surface area contributed by atoms with Crippen LogP contribution in [-0.4, -0.2) is 12.1 Å². The first kappa shape index (κ1) is 10.9. The van der Waals surface area contributed by atoms with E-state index in [9.17, 15) is 0 Å². The maximum atomic E-state index is 5.86. The molecule has 82 valence electrons. The molecule has 1 saturated carbocycles. The summed E-state index contributed by atoms with van der Waals surface area (Å²) in [5.74, 6) is 0. The second-order valence-electron chi connectivity index (χ2n) is 4.28. The highest BCUT2D eigenvalue weighted by molar-refractivity contribution is 6.30. The zero-order valence-corrected chi connectivity index (χ0v) is 9.50. The maximum absolute atomic E-state index is 5.86. The lowest BCUT2D eigenvalue weighted by Gasteiger charge is -2.12. The molecule has 1 aliphatic carbocycles. The van der Waals surface area contributed by atoms with Gasteiger partial charge in [0.1, 0.15) is 0 Å². The fraction of sp³-hybridized carbons (Fsp3) is 0.500. The van der Waals surface area contributed by atoms with Gasteiger partial charge in [0.2, 0.25) is 0 Å². The highest BCUT2D eigenvalue weighted by Gasteiger charge is 2.20. The molecule has 0 heterocycles. The Morgan fingerprint density at radius 3 is 2.60 bits per heavy atom. The summed E-state index contributed by atoms with van der Waals surface area (Å²) in [5, 5.41) is 4.32. The Hall–Kier alpha value is -0.570. The van der Waals surface area contributed by atoms with Crippen molar-refractivity contribution < 1.29 is 0 Å². The van der Waals surface area contributed by atoms with Crippen molar-refractivity contribution in [2.75, 3.05) is 0 Å². The number of hydrogen-bond acceptors (Lipinski definition) is 2. The predicted molar refractivity (Wildman–Crippen MR) is 63.9 cm³/mol. The van der Waals surface area contributed by atoms with Crippen molar-refractivity contribution >= 4 is 11.6 Å². The van der Waals surface area contributed by atoms with Gasteiger partial charge in [-0.05, 0) is 37.0 Å². The van der Waals surface area contributed by atoms with E-state index in [4.69, 9.17) is 17.3 Å². The van der Waals surface area contributed by atoms with Crippen molar-refractivity contribution in [3.8, 4) is 0 Å². The fourth-order valence-electron chi connectivity index (χ4n) is 2.07. The molecule has 15 heavy (non-hydrogen) atoms. The van der Waals surface area contributed by atoms with Crippen LogP contribution < -0.4 is 11.1 Å². The van der Waals surface area contributed by atoms with E-state index in [0.717, 1.165) is 24.4 Å². The Morgan fingerprint density at radius 2 is 2.00 bits per heavy atom. The second kappa shape index (κ2) is 4.97. The maximum Gasteiger partial charge on any atom is 0.0406 e. The molecule has 1 aromatic carbocycles. The zero-order valence-electron chi connectivity index (χ0n) is 8.75. The smallest absolute Gasteiger partial charge is 0.0406 e. The van der Waals surface area contributed by atoms with Crippen molar-refractivity contribution in [2.45, 2.75) is 37.9 Å². The van der Waals surface area contributed by atoms with Crippen LogP contribution in [0.4, 0.5) is 0 Å². The molecule has 2 nitrogen and oxygen atoms in total.